The minimum absolute atomic E-state index is 0.0875. The van der Waals surface area contributed by atoms with Crippen LogP contribution in [0.2, 0.25) is 0 Å². The highest BCUT2D eigenvalue weighted by Gasteiger charge is 2.14. The van der Waals surface area contributed by atoms with Gasteiger partial charge in [-0.25, -0.2) is 4.79 Å². The van der Waals surface area contributed by atoms with Gasteiger partial charge >= 0.3 is 5.63 Å². The highest BCUT2D eigenvalue weighted by Crippen LogP contribution is 2.24. The van der Waals surface area contributed by atoms with Crippen molar-refractivity contribution in [1.82, 2.24) is 4.90 Å². The number of aryl methyl sites for hydroxylation is 3. The Morgan fingerprint density at radius 3 is 2.50 bits per heavy atom. The van der Waals surface area contributed by atoms with E-state index in [1.165, 1.54) is 6.07 Å². The lowest BCUT2D eigenvalue weighted by atomic mass is 10.0. The molecule has 1 heterocycles. The number of amides is 1. The first kappa shape index (κ1) is 19.8. The van der Waals surface area contributed by atoms with E-state index >= 15 is 0 Å². The highest BCUT2D eigenvalue weighted by atomic mass is 16.4. The van der Waals surface area contributed by atoms with Crippen molar-refractivity contribution in [2.45, 2.75) is 34.2 Å². The average Bonchev–Trinajstić information content (AvgIpc) is 2.62. The molecule has 0 fully saturated rings. The standard InChI is InChI=1S/C23H26N2O3/c1-14-7-6-8-20(16(14)3)24-21(26)13-25(5)12-18-11-22(27)28-23-17(4)15(2)9-10-19(18)23/h6-11H,12-13H2,1-5H3,(H,24,26). The molecule has 0 aliphatic heterocycles. The molecule has 1 amide bonds. The van der Waals surface area contributed by atoms with Crippen LogP contribution in [0.5, 0.6) is 0 Å². The molecule has 1 aromatic heterocycles. The number of likely N-dealkylation sites (N-methyl/N-ethyl adjacent to an activating group) is 1. The number of nitrogens with one attached hydrogen (secondary N) is 1. The van der Waals surface area contributed by atoms with E-state index in [4.69, 9.17) is 4.42 Å². The van der Waals surface area contributed by atoms with Gasteiger partial charge in [-0.2, -0.15) is 0 Å². The Labute approximate surface area is 165 Å². The van der Waals surface area contributed by atoms with Gasteiger partial charge in [0.1, 0.15) is 5.58 Å². The first-order valence-electron chi connectivity index (χ1n) is 9.34. The Bertz CT molecular complexity index is 1100. The van der Waals surface area contributed by atoms with E-state index < -0.39 is 0 Å². The summed E-state index contributed by atoms with van der Waals surface area (Å²) in [6.45, 7) is 8.66. The molecule has 5 nitrogen and oxygen atoms in total. The monoisotopic (exact) mass is 378 g/mol. The molecule has 0 aliphatic rings. The maximum atomic E-state index is 12.5. The van der Waals surface area contributed by atoms with Crippen LogP contribution in [0.4, 0.5) is 5.69 Å². The molecule has 2 aromatic carbocycles. The third-order valence-corrected chi connectivity index (χ3v) is 5.25. The van der Waals surface area contributed by atoms with Crippen LogP contribution >= 0.6 is 0 Å². The molecule has 0 radical (unpaired) electrons. The van der Waals surface area contributed by atoms with Crippen molar-refractivity contribution in [3.05, 3.63) is 74.6 Å². The van der Waals surface area contributed by atoms with Gasteiger partial charge in [-0.1, -0.05) is 24.3 Å². The zero-order chi connectivity index (χ0) is 20.4. The fourth-order valence-corrected chi connectivity index (χ4v) is 3.32. The first-order chi connectivity index (χ1) is 13.3. The summed E-state index contributed by atoms with van der Waals surface area (Å²) in [4.78, 5) is 26.4. The Balaban J connectivity index is 1.77. The number of hydrogen-bond acceptors (Lipinski definition) is 4. The molecule has 0 saturated heterocycles. The van der Waals surface area contributed by atoms with E-state index in [-0.39, 0.29) is 18.1 Å². The van der Waals surface area contributed by atoms with Gasteiger partial charge in [-0.15, -0.1) is 0 Å². The number of carbonyl (C=O) groups excluding carboxylic acids is 1. The summed E-state index contributed by atoms with van der Waals surface area (Å²) >= 11 is 0. The average molecular weight is 378 g/mol. The minimum Gasteiger partial charge on any atom is -0.422 e. The zero-order valence-corrected chi connectivity index (χ0v) is 17.1. The van der Waals surface area contributed by atoms with Gasteiger partial charge in [0.2, 0.25) is 5.91 Å². The van der Waals surface area contributed by atoms with Crippen molar-refractivity contribution >= 4 is 22.6 Å². The van der Waals surface area contributed by atoms with Crippen LogP contribution in [0.1, 0.15) is 27.8 Å². The number of rotatable bonds is 5. The second-order valence-electron chi connectivity index (χ2n) is 7.44. The number of nitrogens with zero attached hydrogens (tertiary/aromatic N) is 1. The lowest BCUT2D eigenvalue weighted by molar-refractivity contribution is -0.117. The lowest BCUT2D eigenvalue weighted by Gasteiger charge is -2.18. The molecule has 0 atom stereocenters. The van der Waals surface area contributed by atoms with Crippen LogP contribution in [-0.2, 0) is 11.3 Å². The molecule has 28 heavy (non-hydrogen) atoms. The zero-order valence-electron chi connectivity index (χ0n) is 17.1. The van der Waals surface area contributed by atoms with Gasteiger partial charge in [0.25, 0.3) is 0 Å². The SMILES string of the molecule is Cc1cccc(NC(=O)CN(C)Cc2cc(=O)oc3c(C)c(C)ccc23)c1C. The van der Waals surface area contributed by atoms with Crippen LogP contribution in [-0.4, -0.2) is 24.4 Å². The Hall–Kier alpha value is -2.92. The molecule has 146 valence electrons. The minimum atomic E-state index is -0.371. The van der Waals surface area contributed by atoms with Crippen molar-refractivity contribution in [3.8, 4) is 0 Å². The molecule has 3 rings (SSSR count). The second-order valence-corrected chi connectivity index (χ2v) is 7.44. The predicted octanol–water partition coefficient (Wildman–Crippen LogP) is 4.10. The Morgan fingerprint density at radius 1 is 1.04 bits per heavy atom. The molecule has 0 bridgehead atoms. The molecular formula is C23H26N2O3. The first-order valence-corrected chi connectivity index (χ1v) is 9.34. The second kappa shape index (κ2) is 7.98. The number of fused-ring (bicyclic) bond motifs is 1. The molecule has 5 heteroatoms. The normalized spacial score (nSPS) is 11.2. The van der Waals surface area contributed by atoms with Gasteiger partial charge in [0.15, 0.2) is 0 Å². The van der Waals surface area contributed by atoms with Crippen molar-refractivity contribution < 1.29 is 9.21 Å². The largest absolute Gasteiger partial charge is 0.422 e. The summed E-state index contributed by atoms with van der Waals surface area (Å²) in [6.07, 6.45) is 0. The smallest absolute Gasteiger partial charge is 0.336 e. The lowest BCUT2D eigenvalue weighted by Crippen LogP contribution is -2.30. The molecule has 0 aliphatic carbocycles. The van der Waals surface area contributed by atoms with E-state index in [2.05, 4.69) is 5.32 Å². The van der Waals surface area contributed by atoms with Crippen LogP contribution < -0.4 is 10.9 Å². The summed E-state index contributed by atoms with van der Waals surface area (Å²) < 4.78 is 5.43. The quantitative estimate of drug-likeness (QED) is 0.679. The van der Waals surface area contributed by atoms with Crippen LogP contribution in [0.25, 0.3) is 11.0 Å². The van der Waals surface area contributed by atoms with Gasteiger partial charge in [0, 0.05) is 23.7 Å². The molecule has 0 unspecified atom stereocenters. The number of carbonyl (C=O) groups is 1. The molecule has 0 saturated carbocycles. The third-order valence-electron chi connectivity index (χ3n) is 5.25. The van der Waals surface area contributed by atoms with Crippen molar-refractivity contribution in [3.63, 3.8) is 0 Å². The van der Waals surface area contributed by atoms with Crippen LogP contribution in [0.3, 0.4) is 0 Å². The highest BCUT2D eigenvalue weighted by molar-refractivity contribution is 5.93. The summed E-state index contributed by atoms with van der Waals surface area (Å²) in [6, 6.07) is 11.4. The van der Waals surface area contributed by atoms with Crippen molar-refractivity contribution in [1.29, 1.82) is 0 Å². The molecule has 0 spiro atoms. The van der Waals surface area contributed by atoms with Crippen molar-refractivity contribution in [2.24, 2.45) is 0 Å². The molecule has 1 N–H and O–H groups in total. The van der Waals surface area contributed by atoms with E-state index in [0.717, 1.165) is 38.9 Å². The fourth-order valence-electron chi connectivity index (χ4n) is 3.32. The van der Waals surface area contributed by atoms with Gasteiger partial charge < -0.3 is 9.73 Å². The molecular weight excluding hydrogens is 352 g/mol. The number of hydrogen-bond donors (Lipinski definition) is 1. The van der Waals surface area contributed by atoms with E-state index in [0.29, 0.717) is 12.1 Å². The van der Waals surface area contributed by atoms with Gasteiger partial charge in [-0.3, -0.25) is 9.69 Å². The van der Waals surface area contributed by atoms with Crippen LogP contribution in [0.15, 0.2) is 45.6 Å². The maximum absolute atomic E-state index is 12.5. The summed E-state index contributed by atoms with van der Waals surface area (Å²) in [5.41, 5.74) is 6.18. The maximum Gasteiger partial charge on any atom is 0.336 e. The Kier molecular flexibility index (Phi) is 5.66. The molecule has 3 aromatic rings. The third kappa shape index (κ3) is 4.15. The summed E-state index contributed by atoms with van der Waals surface area (Å²) in [5, 5.41) is 3.88. The van der Waals surface area contributed by atoms with Crippen molar-refractivity contribution in [2.75, 3.05) is 18.9 Å². The summed E-state index contributed by atoms with van der Waals surface area (Å²) in [5.74, 6) is -0.0875. The number of benzene rings is 2. The Morgan fingerprint density at radius 2 is 1.75 bits per heavy atom. The van der Waals surface area contributed by atoms with E-state index in [1.54, 1.807) is 0 Å². The van der Waals surface area contributed by atoms with E-state index in [9.17, 15) is 9.59 Å². The van der Waals surface area contributed by atoms with E-state index in [1.807, 2.05) is 70.0 Å². The van der Waals surface area contributed by atoms with Gasteiger partial charge in [0.05, 0.1) is 6.54 Å². The number of anilines is 1. The fraction of sp³-hybridized carbons (Fsp3) is 0.304. The van der Waals surface area contributed by atoms with Gasteiger partial charge in [-0.05, 0) is 68.6 Å². The predicted molar refractivity (Wildman–Crippen MR) is 113 cm³/mol. The topological polar surface area (TPSA) is 62.6 Å². The van der Waals surface area contributed by atoms with Crippen LogP contribution in [0, 0.1) is 27.7 Å². The summed E-state index contributed by atoms with van der Waals surface area (Å²) in [7, 11) is 1.87.